The Labute approximate surface area is 164 Å². The molecule has 0 amide bonds. The Morgan fingerprint density at radius 1 is 0.963 bits per heavy atom. The number of halogens is 2. The maximum absolute atomic E-state index is 13.9. The predicted molar refractivity (Wildman–Crippen MR) is 106 cm³/mol. The fourth-order valence-corrected chi connectivity index (χ4v) is 6.88. The molecule has 0 aromatic carbocycles. The highest BCUT2D eigenvalue weighted by atomic mass is 19.1. The summed E-state index contributed by atoms with van der Waals surface area (Å²) in [7, 11) is 0. The molecule has 1 N–H and O–H groups in total. The summed E-state index contributed by atoms with van der Waals surface area (Å²) in [5, 5.41) is 9.54. The van der Waals surface area contributed by atoms with E-state index in [0.29, 0.717) is 24.2 Å². The van der Waals surface area contributed by atoms with Crippen LogP contribution in [0.25, 0.3) is 0 Å². The van der Waals surface area contributed by atoms with Gasteiger partial charge in [0.15, 0.2) is 0 Å². The average Bonchev–Trinajstić information content (AvgIpc) is 2.65. The number of allylic oxidation sites excluding steroid dienone is 2. The number of aliphatic hydroxyl groups excluding tert-OH is 1. The van der Waals surface area contributed by atoms with Crippen molar-refractivity contribution in [2.45, 2.75) is 115 Å². The Hall–Kier alpha value is -0.440. The zero-order chi connectivity index (χ0) is 19.0. The summed E-state index contributed by atoms with van der Waals surface area (Å²) in [5.74, 6) is 1.36. The standard InChI is InChI=1S/C24H38F2O/c1-2-3-4-10-24-11-9-20(19(14-24)15-24)17-7-5-16(6-8-17)18-12-21(25)23(27)22(26)13-18/h16-18,21-23,27H,2-15H2,1H3. The number of unbranched alkanes of at least 4 members (excludes halogenated alkanes) is 2. The molecule has 5 rings (SSSR count). The first kappa shape index (κ1) is 19.9. The van der Waals surface area contributed by atoms with Crippen molar-refractivity contribution in [3.05, 3.63) is 11.1 Å². The fraction of sp³-hybridized carbons (Fsp3) is 0.917. The molecule has 0 aliphatic heterocycles. The van der Waals surface area contributed by atoms with E-state index >= 15 is 0 Å². The van der Waals surface area contributed by atoms with E-state index in [9.17, 15) is 13.9 Å². The quantitative estimate of drug-likeness (QED) is 0.402. The van der Waals surface area contributed by atoms with Gasteiger partial charge in [0.1, 0.15) is 18.4 Å². The Morgan fingerprint density at radius 3 is 2.19 bits per heavy atom. The van der Waals surface area contributed by atoms with Crippen LogP contribution < -0.4 is 0 Å². The maximum atomic E-state index is 13.9. The number of rotatable bonds is 6. The SMILES string of the molecule is CCCCCC12CCC(C3CCC(C4CC(F)C(O)C(F)C4)CC3)=C(C1)C2. The Balaban J connectivity index is 1.28. The van der Waals surface area contributed by atoms with E-state index in [4.69, 9.17) is 0 Å². The third-order valence-corrected chi connectivity index (χ3v) is 8.59. The van der Waals surface area contributed by atoms with Crippen LogP contribution in [0.2, 0.25) is 0 Å². The van der Waals surface area contributed by atoms with Gasteiger partial charge >= 0.3 is 0 Å². The van der Waals surface area contributed by atoms with E-state index in [1.54, 1.807) is 11.1 Å². The number of alkyl halides is 2. The van der Waals surface area contributed by atoms with Crippen LogP contribution in [0, 0.1) is 23.2 Å². The molecule has 2 bridgehead atoms. The number of aliphatic hydroxyl groups is 1. The summed E-state index contributed by atoms with van der Waals surface area (Å²) in [6, 6.07) is 0. The normalized spacial score (nSPS) is 41.3. The van der Waals surface area contributed by atoms with Gasteiger partial charge in [-0.15, -0.1) is 0 Å². The highest BCUT2D eigenvalue weighted by molar-refractivity contribution is 5.32. The highest BCUT2D eigenvalue weighted by Gasteiger charge is 2.46. The van der Waals surface area contributed by atoms with Gasteiger partial charge in [0.05, 0.1) is 0 Å². The maximum Gasteiger partial charge on any atom is 0.129 e. The van der Waals surface area contributed by atoms with E-state index in [1.807, 2.05) is 0 Å². The van der Waals surface area contributed by atoms with Gasteiger partial charge in [-0.05, 0) is 93.8 Å². The predicted octanol–water partition coefficient (Wildman–Crippen LogP) is 6.69. The van der Waals surface area contributed by atoms with Crippen molar-refractivity contribution in [3.63, 3.8) is 0 Å². The second-order valence-electron chi connectivity index (χ2n) is 10.3. The van der Waals surface area contributed by atoms with Gasteiger partial charge < -0.3 is 5.11 Å². The number of hydrogen-bond acceptors (Lipinski definition) is 1. The summed E-state index contributed by atoms with van der Waals surface area (Å²) in [5.41, 5.74) is 4.24. The zero-order valence-corrected chi connectivity index (χ0v) is 17.1. The minimum absolute atomic E-state index is 0.137. The molecule has 5 aliphatic carbocycles. The van der Waals surface area contributed by atoms with Gasteiger partial charge in [-0.2, -0.15) is 0 Å². The first-order valence-corrected chi connectivity index (χ1v) is 11.7. The molecule has 1 nitrogen and oxygen atoms in total. The van der Waals surface area contributed by atoms with Crippen molar-refractivity contribution < 1.29 is 13.9 Å². The highest BCUT2D eigenvalue weighted by Crippen LogP contribution is 2.60. The smallest absolute Gasteiger partial charge is 0.129 e. The van der Waals surface area contributed by atoms with Crippen molar-refractivity contribution in [2.24, 2.45) is 23.2 Å². The van der Waals surface area contributed by atoms with Gasteiger partial charge in [-0.3, -0.25) is 0 Å². The fourth-order valence-electron chi connectivity index (χ4n) is 6.88. The lowest BCUT2D eigenvalue weighted by molar-refractivity contribution is -0.0491. The molecule has 0 heterocycles. The van der Waals surface area contributed by atoms with Crippen LogP contribution in [-0.2, 0) is 0 Å². The third-order valence-electron chi connectivity index (χ3n) is 8.59. The van der Waals surface area contributed by atoms with E-state index in [1.165, 1.54) is 64.2 Å². The second-order valence-corrected chi connectivity index (χ2v) is 10.3. The lowest BCUT2D eigenvalue weighted by atomic mass is 9.53. The van der Waals surface area contributed by atoms with Gasteiger partial charge in [-0.25, -0.2) is 8.78 Å². The molecule has 0 aromatic heterocycles. The van der Waals surface area contributed by atoms with Crippen LogP contribution in [0.3, 0.4) is 0 Å². The summed E-state index contributed by atoms with van der Waals surface area (Å²) < 4.78 is 27.8. The molecule has 3 fully saturated rings. The van der Waals surface area contributed by atoms with E-state index in [2.05, 4.69) is 6.92 Å². The minimum atomic E-state index is -1.39. The van der Waals surface area contributed by atoms with Crippen LogP contribution in [0.4, 0.5) is 8.78 Å². The van der Waals surface area contributed by atoms with E-state index in [0.717, 1.165) is 18.8 Å². The first-order valence-electron chi connectivity index (χ1n) is 11.7. The topological polar surface area (TPSA) is 20.2 Å². The van der Waals surface area contributed by atoms with Crippen LogP contribution >= 0.6 is 0 Å². The van der Waals surface area contributed by atoms with Crippen LogP contribution in [0.15, 0.2) is 11.1 Å². The zero-order valence-electron chi connectivity index (χ0n) is 17.1. The Morgan fingerprint density at radius 2 is 1.63 bits per heavy atom. The van der Waals surface area contributed by atoms with Crippen molar-refractivity contribution in [1.29, 1.82) is 0 Å². The molecule has 0 saturated heterocycles. The first-order chi connectivity index (χ1) is 13.0. The molecule has 3 heteroatoms. The molecular weight excluding hydrogens is 342 g/mol. The van der Waals surface area contributed by atoms with Crippen LogP contribution in [0.1, 0.15) is 96.8 Å². The molecule has 27 heavy (non-hydrogen) atoms. The molecule has 2 atom stereocenters. The van der Waals surface area contributed by atoms with Crippen molar-refractivity contribution in [2.75, 3.05) is 0 Å². The lowest BCUT2D eigenvalue weighted by Gasteiger charge is -2.52. The molecule has 5 aliphatic rings. The van der Waals surface area contributed by atoms with Gasteiger partial charge in [0, 0.05) is 0 Å². The minimum Gasteiger partial charge on any atom is -0.387 e. The number of hydrogen-bond donors (Lipinski definition) is 1. The second kappa shape index (κ2) is 8.13. The van der Waals surface area contributed by atoms with Gasteiger partial charge in [0.25, 0.3) is 0 Å². The van der Waals surface area contributed by atoms with Crippen LogP contribution in [-0.4, -0.2) is 23.6 Å². The molecular formula is C24H38F2O. The van der Waals surface area contributed by atoms with E-state index < -0.39 is 18.4 Å². The summed E-state index contributed by atoms with van der Waals surface area (Å²) >= 11 is 0. The molecule has 3 saturated carbocycles. The largest absolute Gasteiger partial charge is 0.387 e. The molecule has 0 aromatic rings. The molecule has 0 spiro atoms. The molecule has 154 valence electrons. The molecule has 0 radical (unpaired) electrons. The van der Waals surface area contributed by atoms with Gasteiger partial charge in [0.2, 0.25) is 0 Å². The van der Waals surface area contributed by atoms with Crippen LogP contribution in [0.5, 0.6) is 0 Å². The summed E-state index contributed by atoms with van der Waals surface area (Å²) in [6.45, 7) is 2.29. The van der Waals surface area contributed by atoms with Crippen molar-refractivity contribution in [3.8, 4) is 0 Å². The summed E-state index contributed by atoms with van der Waals surface area (Å²) in [4.78, 5) is 0. The summed E-state index contributed by atoms with van der Waals surface area (Å²) in [6.07, 6.45) is 12.3. The lowest BCUT2D eigenvalue weighted by Crippen LogP contribution is -2.42. The van der Waals surface area contributed by atoms with Gasteiger partial charge in [-0.1, -0.05) is 37.3 Å². The number of fused-ring (bicyclic) bond motifs is 2. The van der Waals surface area contributed by atoms with E-state index in [-0.39, 0.29) is 5.92 Å². The van der Waals surface area contributed by atoms with Crippen molar-refractivity contribution in [1.82, 2.24) is 0 Å². The average molecular weight is 381 g/mol. The monoisotopic (exact) mass is 380 g/mol. The van der Waals surface area contributed by atoms with Crippen molar-refractivity contribution >= 4 is 0 Å². The Kier molecular flexibility index (Phi) is 5.98. The molecule has 2 unspecified atom stereocenters. The third kappa shape index (κ3) is 4.00. The Bertz CT molecular complexity index is 529.